The van der Waals surface area contributed by atoms with Gasteiger partial charge in [0, 0.05) is 25.2 Å². The molecule has 1 aliphatic rings. The van der Waals surface area contributed by atoms with E-state index < -0.39 is 0 Å². The zero-order chi connectivity index (χ0) is 35.7. The fourth-order valence-corrected chi connectivity index (χ4v) is 6.89. The molecule has 0 radical (unpaired) electrons. The summed E-state index contributed by atoms with van der Waals surface area (Å²) in [5.41, 5.74) is 10.1. The van der Waals surface area contributed by atoms with Crippen LogP contribution in [0.15, 0.2) is 102 Å². The summed E-state index contributed by atoms with van der Waals surface area (Å²) < 4.78 is 0. The minimum Gasteiger partial charge on any atom is -0.512 e. The van der Waals surface area contributed by atoms with Crippen LogP contribution < -0.4 is 0 Å². The molecule has 0 heterocycles. The van der Waals surface area contributed by atoms with Gasteiger partial charge in [0.25, 0.3) is 0 Å². The number of rotatable bonds is 9. The lowest BCUT2D eigenvalue weighted by Crippen LogP contribution is -2.16. The smallest absolute Gasteiger partial charge is 0.122 e. The van der Waals surface area contributed by atoms with Crippen LogP contribution in [-0.4, -0.2) is 30.6 Å². The fourth-order valence-electron chi connectivity index (χ4n) is 6.89. The molecule has 5 aromatic carbocycles. The second-order valence-corrected chi connectivity index (χ2v) is 13.9. The number of phenols is 5. The van der Waals surface area contributed by atoms with Gasteiger partial charge in [-0.3, -0.25) is 0 Å². The third-order valence-corrected chi connectivity index (χ3v) is 9.74. The van der Waals surface area contributed by atoms with Gasteiger partial charge in [0.2, 0.25) is 0 Å². The second-order valence-electron chi connectivity index (χ2n) is 13.9. The third-order valence-electron chi connectivity index (χ3n) is 9.74. The highest BCUT2D eigenvalue weighted by Gasteiger charge is 2.27. The fraction of sp³-hybridized carbons (Fsp3) is 0.227. The zero-order valence-electron chi connectivity index (χ0n) is 29.0. The third kappa shape index (κ3) is 7.50. The van der Waals surface area contributed by atoms with E-state index in [0.29, 0.717) is 52.7 Å². The van der Waals surface area contributed by atoms with E-state index in [1.165, 1.54) is 0 Å². The van der Waals surface area contributed by atoms with Gasteiger partial charge in [-0.05, 0) is 149 Å². The van der Waals surface area contributed by atoms with E-state index in [2.05, 4.69) is 0 Å². The average Bonchev–Trinajstić information content (AvgIpc) is 3.05. The Hall–Kier alpha value is -5.62. The van der Waals surface area contributed by atoms with Gasteiger partial charge in [-0.25, -0.2) is 0 Å². The van der Waals surface area contributed by atoms with E-state index in [1.54, 1.807) is 24.3 Å². The number of aliphatic hydroxyl groups is 1. The van der Waals surface area contributed by atoms with Gasteiger partial charge in [-0.1, -0.05) is 54.6 Å². The Morgan fingerprint density at radius 3 is 1.30 bits per heavy atom. The van der Waals surface area contributed by atoms with Crippen molar-refractivity contribution in [1.82, 2.24) is 0 Å². The highest BCUT2D eigenvalue weighted by Crippen LogP contribution is 2.42. The Morgan fingerprint density at radius 1 is 0.480 bits per heavy atom. The molecule has 1 unspecified atom stereocenters. The molecule has 256 valence electrons. The number of aliphatic hydroxyl groups excluding tert-OH is 1. The van der Waals surface area contributed by atoms with Crippen LogP contribution >= 0.6 is 0 Å². The molecule has 0 saturated heterocycles. The molecule has 50 heavy (non-hydrogen) atoms. The van der Waals surface area contributed by atoms with Crippen LogP contribution in [0.5, 0.6) is 28.7 Å². The van der Waals surface area contributed by atoms with Crippen molar-refractivity contribution < 1.29 is 30.6 Å². The Labute approximate surface area is 293 Å². The highest BCUT2D eigenvalue weighted by molar-refractivity contribution is 5.73. The number of hydrogen-bond acceptors (Lipinski definition) is 6. The van der Waals surface area contributed by atoms with Crippen molar-refractivity contribution in [2.75, 3.05) is 0 Å². The molecule has 0 bridgehead atoms. The van der Waals surface area contributed by atoms with Crippen LogP contribution in [0.1, 0.15) is 67.6 Å². The van der Waals surface area contributed by atoms with Gasteiger partial charge in [-0.15, -0.1) is 0 Å². The normalized spacial score (nSPS) is 14.6. The van der Waals surface area contributed by atoms with Gasteiger partial charge < -0.3 is 30.6 Å². The van der Waals surface area contributed by atoms with Crippen molar-refractivity contribution in [1.29, 1.82) is 0 Å². The van der Waals surface area contributed by atoms with E-state index in [-0.39, 0.29) is 53.3 Å². The van der Waals surface area contributed by atoms with Crippen molar-refractivity contribution in [3.8, 4) is 28.7 Å². The first-order valence-electron chi connectivity index (χ1n) is 17.0. The molecule has 0 fully saturated rings. The lowest BCUT2D eigenvalue weighted by molar-refractivity contribution is 0.318. The molecule has 0 aliphatic heterocycles. The Morgan fingerprint density at radius 2 is 0.880 bits per heavy atom. The van der Waals surface area contributed by atoms with Crippen molar-refractivity contribution >= 4 is 5.57 Å². The molecule has 6 nitrogen and oxygen atoms in total. The Bertz CT molecular complexity index is 2080. The molecule has 0 aromatic heterocycles. The molecule has 1 atom stereocenters. The first-order valence-corrected chi connectivity index (χ1v) is 17.0. The van der Waals surface area contributed by atoms with Gasteiger partial charge in [0.15, 0.2) is 0 Å². The van der Waals surface area contributed by atoms with E-state index >= 15 is 0 Å². The molecule has 0 spiro atoms. The first-order chi connectivity index (χ1) is 23.8. The van der Waals surface area contributed by atoms with Crippen LogP contribution in [0.3, 0.4) is 0 Å². The van der Waals surface area contributed by atoms with Crippen molar-refractivity contribution in [2.24, 2.45) is 5.92 Å². The highest BCUT2D eigenvalue weighted by atomic mass is 16.3. The average molecular weight is 669 g/mol. The lowest BCUT2D eigenvalue weighted by atomic mass is 9.79. The molecular formula is C44H44O6. The van der Waals surface area contributed by atoms with Crippen LogP contribution in [0.25, 0.3) is 5.57 Å². The van der Waals surface area contributed by atoms with Gasteiger partial charge in [0.05, 0.1) is 5.76 Å². The number of aryl methyl sites for hydroxylation is 4. The lowest BCUT2D eigenvalue weighted by Gasteiger charge is -2.27. The van der Waals surface area contributed by atoms with Crippen molar-refractivity contribution in [3.05, 3.63) is 164 Å². The van der Waals surface area contributed by atoms with Crippen LogP contribution in [0.2, 0.25) is 0 Å². The minimum atomic E-state index is -0.366. The molecule has 0 amide bonds. The molecule has 0 saturated carbocycles. The first kappa shape index (κ1) is 34.3. The summed E-state index contributed by atoms with van der Waals surface area (Å²) in [5, 5.41) is 66.6. The SMILES string of the molecule is Cc1ccc(CC2=C(O)C(Cc3ccc(C)cc3O)CC(c3cc(Cc4ccc(C)cc4O)c(O)c(Cc4ccc(C)cc4O)c3)=C2)c(O)c1. The van der Waals surface area contributed by atoms with Gasteiger partial charge in [0.1, 0.15) is 28.7 Å². The Balaban J connectivity index is 1.47. The number of benzene rings is 5. The maximum Gasteiger partial charge on any atom is 0.122 e. The summed E-state index contributed by atoms with van der Waals surface area (Å²) in [6, 6.07) is 25.9. The predicted molar refractivity (Wildman–Crippen MR) is 198 cm³/mol. The molecule has 6 N–H and O–H groups in total. The molecular weight excluding hydrogens is 624 g/mol. The van der Waals surface area contributed by atoms with E-state index in [4.69, 9.17) is 0 Å². The number of hydrogen-bond donors (Lipinski definition) is 6. The maximum absolute atomic E-state index is 11.7. The predicted octanol–water partition coefficient (Wildman–Crippen LogP) is 9.33. The summed E-state index contributed by atoms with van der Waals surface area (Å²) in [5.74, 6) is 0.566. The van der Waals surface area contributed by atoms with E-state index in [9.17, 15) is 30.6 Å². The number of phenolic OH excluding ortho intramolecular Hbond substituents is 5. The molecule has 1 aliphatic carbocycles. The van der Waals surface area contributed by atoms with E-state index in [1.807, 2.05) is 94.4 Å². The quantitative estimate of drug-likeness (QED) is 0.0931. The summed E-state index contributed by atoms with van der Waals surface area (Å²) in [7, 11) is 0. The van der Waals surface area contributed by atoms with Crippen molar-refractivity contribution in [3.63, 3.8) is 0 Å². The zero-order valence-corrected chi connectivity index (χ0v) is 29.0. The molecule has 6 rings (SSSR count). The Kier molecular flexibility index (Phi) is 9.65. The standard InChI is InChI=1S/C44H44O6/c1-25-5-9-29(39(45)13-25)17-35-21-33(22-36(43(35)49)18-30-10-6-26(2)14-40(30)46)34-23-37(19-31-11-7-27(3)15-41(31)47)44(50)38(24-34)20-32-12-8-28(4)16-42(32)48/h5-16,21-23,38,45-50H,17-20,24H2,1-4H3. The minimum absolute atomic E-state index is 0.0921. The van der Waals surface area contributed by atoms with Gasteiger partial charge in [-0.2, -0.15) is 0 Å². The van der Waals surface area contributed by atoms with Crippen LogP contribution in [0.4, 0.5) is 0 Å². The topological polar surface area (TPSA) is 121 Å². The largest absolute Gasteiger partial charge is 0.512 e. The van der Waals surface area contributed by atoms with Crippen LogP contribution in [0, 0.1) is 33.6 Å². The summed E-state index contributed by atoms with van der Waals surface area (Å²) in [6.07, 6.45) is 3.66. The monoisotopic (exact) mass is 668 g/mol. The molecule has 5 aromatic rings. The second kappa shape index (κ2) is 14.1. The molecule has 6 heteroatoms. The van der Waals surface area contributed by atoms with Gasteiger partial charge >= 0.3 is 0 Å². The number of allylic oxidation sites excluding steroid dienone is 4. The maximum atomic E-state index is 11.7. The number of aromatic hydroxyl groups is 5. The van der Waals surface area contributed by atoms with E-state index in [0.717, 1.165) is 39.0 Å². The van der Waals surface area contributed by atoms with Crippen molar-refractivity contribution in [2.45, 2.75) is 59.8 Å². The van der Waals surface area contributed by atoms with Crippen LogP contribution in [-0.2, 0) is 25.7 Å². The summed E-state index contributed by atoms with van der Waals surface area (Å²) in [6.45, 7) is 7.65. The summed E-state index contributed by atoms with van der Waals surface area (Å²) >= 11 is 0. The summed E-state index contributed by atoms with van der Waals surface area (Å²) in [4.78, 5) is 0.